The van der Waals surface area contributed by atoms with Crippen LogP contribution in [0.15, 0.2) is 30.6 Å². The molecule has 1 aromatic heterocycles. The number of carbonyl (C=O) groups excluding carboxylic acids is 1. The molecule has 2 fully saturated rings. The zero-order valence-corrected chi connectivity index (χ0v) is 9.65. The molecular formula is C13H12N2O3. The summed E-state index contributed by atoms with van der Waals surface area (Å²) in [5.74, 6) is 0.0199. The number of fused-ring (bicyclic) bond motifs is 3. The van der Waals surface area contributed by atoms with Gasteiger partial charge in [0.1, 0.15) is 6.10 Å². The summed E-state index contributed by atoms with van der Waals surface area (Å²) in [6.07, 6.45) is 1.55. The van der Waals surface area contributed by atoms with Crippen LogP contribution in [0.4, 0.5) is 0 Å². The lowest BCUT2D eigenvalue weighted by molar-refractivity contribution is -0.156. The fourth-order valence-corrected chi connectivity index (χ4v) is 2.74. The first-order valence-electron chi connectivity index (χ1n) is 6.04. The quantitative estimate of drug-likeness (QED) is 0.758. The molecule has 92 valence electrons. The summed E-state index contributed by atoms with van der Waals surface area (Å²) in [5, 5.41) is 0. The molecule has 2 aromatic rings. The van der Waals surface area contributed by atoms with Crippen LogP contribution in [0.25, 0.3) is 11.0 Å². The molecule has 5 heteroatoms. The number of ketones is 1. The topological polar surface area (TPSA) is 53.4 Å². The molecule has 0 N–H and O–H groups in total. The van der Waals surface area contributed by atoms with E-state index >= 15 is 0 Å². The molecule has 2 aliphatic heterocycles. The van der Waals surface area contributed by atoms with Gasteiger partial charge in [0.2, 0.25) is 6.29 Å². The average molecular weight is 244 g/mol. The third kappa shape index (κ3) is 1.34. The molecule has 4 rings (SSSR count). The highest BCUT2D eigenvalue weighted by Gasteiger charge is 2.44. The van der Waals surface area contributed by atoms with Gasteiger partial charge in [-0.1, -0.05) is 12.1 Å². The third-order valence-corrected chi connectivity index (χ3v) is 3.65. The van der Waals surface area contributed by atoms with Crippen molar-refractivity contribution < 1.29 is 14.3 Å². The Balaban J connectivity index is 1.80. The van der Waals surface area contributed by atoms with Gasteiger partial charge in [-0.3, -0.25) is 4.79 Å². The lowest BCUT2D eigenvalue weighted by atomic mass is 10.0. The molecule has 0 saturated carbocycles. The maximum atomic E-state index is 11.8. The van der Waals surface area contributed by atoms with Crippen LogP contribution >= 0.6 is 0 Å². The first-order valence-corrected chi connectivity index (χ1v) is 6.04. The number of hydrogen-bond acceptors (Lipinski definition) is 4. The predicted octanol–water partition coefficient (Wildman–Crippen LogP) is 1.29. The molecule has 1 aromatic carbocycles. The van der Waals surface area contributed by atoms with Crippen LogP contribution in [0.5, 0.6) is 0 Å². The molecule has 0 radical (unpaired) electrons. The molecule has 5 nitrogen and oxygen atoms in total. The van der Waals surface area contributed by atoms with Crippen molar-refractivity contribution in [3.63, 3.8) is 0 Å². The Morgan fingerprint density at radius 2 is 2.22 bits per heavy atom. The van der Waals surface area contributed by atoms with Crippen molar-refractivity contribution in [3.8, 4) is 0 Å². The molecule has 3 heterocycles. The number of benzene rings is 1. The highest BCUT2D eigenvalue weighted by Crippen LogP contribution is 2.34. The highest BCUT2D eigenvalue weighted by molar-refractivity contribution is 5.84. The largest absolute Gasteiger partial charge is 0.343 e. The maximum Gasteiger partial charge on any atom is 0.218 e. The van der Waals surface area contributed by atoms with E-state index in [1.165, 1.54) is 0 Å². The Morgan fingerprint density at radius 1 is 1.33 bits per heavy atom. The average Bonchev–Trinajstić information content (AvgIpc) is 3.00. The molecule has 2 bridgehead atoms. The Morgan fingerprint density at radius 3 is 3.17 bits per heavy atom. The number of nitrogens with zero attached hydrogens (tertiary/aromatic N) is 2. The molecule has 18 heavy (non-hydrogen) atoms. The number of aromatic nitrogens is 2. The van der Waals surface area contributed by atoms with Crippen LogP contribution in [0.1, 0.15) is 12.5 Å². The van der Waals surface area contributed by atoms with E-state index in [-0.39, 0.29) is 17.9 Å². The van der Waals surface area contributed by atoms with Gasteiger partial charge >= 0.3 is 0 Å². The Bertz CT molecular complexity index is 621. The minimum Gasteiger partial charge on any atom is -0.343 e. The first-order chi connectivity index (χ1) is 8.83. The van der Waals surface area contributed by atoms with Crippen molar-refractivity contribution in [2.75, 3.05) is 6.61 Å². The Kier molecular flexibility index (Phi) is 2.06. The van der Waals surface area contributed by atoms with Gasteiger partial charge in [-0.25, -0.2) is 4.98 Å². The number of Topliss-reactive ketones (excluding diaryl/α,β-unsaturated/α-hetero) is 1. The normalized spacial score (nSPS) is 31.1. The molecule has 2 saturated heterocycles. The third-order valence-electron chi connectivity index (χ3n) is 3.65. The van der Waals surface area contributed by atoms with Crippen LogP contribution < -0.4 is 0 Å². The van der Waals surface area contributed by atoms with E-state index in [2.05, 4.69) is 4.98 Å². The summed E-state index contributed by atoms with van der Waals surface area (Å²) >= 11 is 0. The molecule has 0 unspecified atom stereocenters. The van der Waals surface area contributed by atoms with Crippen LogP contribution in [0.3, 0.4) is 0 Å². The predicted molar refractivity (Wildman–Crippen MR) is 63.0 cm³/mol. The summed E-state index contributed by atoms with van der Waals surface area (Å²) < 4.78 is 12.9. The summed E-state index contributed by atoms with van der Waals surface area (Å²) in [6, 6.07) is 7.89. The van der Waals surface area contributed by atoms with Gasteiger partial charge in [0.25, 0.3) is 0 Å². The molecule has 3 atom stereocenters. The lowest BCUT2D eigenvalue weighted by Crippen LogP contribution is -2.36. The van der Waals surface area contributed by atoms with E-state index in [0.717, 1.165) is 11.0 Å². The van der Waals surface area contributed by atoms with Gasteiger partial charge in [0.15, 0.2) is 5.78 Å². The Hall–Kier alpha value is -1.72. The first kappa shape index (κ1) is 10.2. The fraction of sp³-hybridized carbons (Fsp3) is 0.385. The van der Waals surface area contributed by atoms with E-state index in [1.807, 2.05) is 28.8 Å². The molecule has 2 aliphatic rings. The van der Waals surface area contributed by atoms with E-state index < -0.39 is 6.29 Å². The minimum absolute atomic E-state index is 0.0105. The summed E-state index contributed by atoms with van der Waals surface area (Å²) in [7, 11) is 0. The summed E-state index contributed by atoms with van der Waals surface area (Å²) in [5.41, 5.74) is 1.97. The van der Waals surface area contributed by atoms with E-state index in [1.54, 1.807) is 6.33 Å². The molecule has 0 amide bonds. The number of ether oxygens (including phenoxy) is 2. The fourth-order valence-electron chi connectivity index (χ4n) is 2.74. The second-order valence-electron chi connectivity index (χ2n) is 4.72. The van der Waals surface area contributed by atoms with Crippen molar-refractivity contribution in [1.82, 2.24) is 9.55 Å². The van der Waals surface area contributed by atoms with Gasteiger partial charge in [0, 0.05) is 6.42 Å². The van der Waals surface area contributed by atoms with Gasteiger partial charge in [-0.05, 0) is 12.1 Å². The standard InChI is InChI=1S/C13H12N2O3/c16-11-5-10(12-6-17-13(11)18-12)15-7-14-8-3-1-2-4-9(8)15/h1-4,7,10,12-13H,5-6H2/t10-,12+,13+/m0/s1. The zero-order valence-electron chi connectivity index (χ0n) is 9.65. The maximum absolute atomic E-state index is 11.8. The van der Waals surface area contributed by atoms with Crippen LogP contribution in [-0.4, -0.2) is 34.3 Å². The number of rotatable bonds is 1. The van der Waals surface area contributed by atoms with Gasteiger partial charge in [-0.2, -0.15) is 0 Å². The van der Waals surface area contributed by atoms with Gasteiger partial charge in [-0.15, -0.1) is 0 Å². The van der Waals surface area contributed by atoms with Gasteiger partial charge in [0.05, 0.1) is 30.0 Å². The minimum atomic E-state index is -0.638. The Labute approximate surface area is 103 Å². The number of carbonyl (C=O) groups is 1. The van der Waals surface area contributed by atoms with Crippen LogP contribution in [0, 0.1) is 0 Å². The highest BCUT2D eigenvalue weighted by atomic mass is 16.7. The summed E-state index contributed by atoms with van der Waals surface area (Å²) in [4.78, 5) is 16.2. The number of hydrogen-bond donors (Lipinski definition) is 0. The van der Waals surface area contributed by atoms with Crippen LogP contribution in [0.2, 0.25) is 0 Å². The lowest BCUT2D eigenvalue weighted by Gasteiger charge is -2.27. The van der Waals surface area contributed by atoms with Crippen molar-refractivity contribution in [3.05, 3.63) is 30.6 Å². The molecule has 0 spiro atoms. The van der Waals surface area contributed by atoms with E-state index in [0.29, 0.717) is 13.0 Å². The zero-order chi connectivity index (χ0) is 12.1. The second-order valence-corrected chi connectivity index (χ2v) is 4.72. The second kappa shape index (κ2) is 3.63. The van der Waals surface area contributed by atoms with Crippen molar-refractivity contribution in [2.24, 2.45) is 0 Å². The van der Waals surface area contributed by atoms with Crippen molar-refractivity contribution in [1.29, 1.82) is 0 Å². The van der Waals surface area contributed by atoms with Crippen molar-refractivity contribution >= 4 is 16.8 Å². The molecular weight excluding hydrogens is 232 g/mol. The number of imidazole rings is 1. The molecule has 0 aliphatic carbocycles. The smallest absolute Gasteiger partial charge is 0.218 e. The van der Waals surface area contributed by atoms with Crippen molar-refractivity contribution in [2.45, 2.75) is 24.9 Å². The SMILES string of the molecule is O=C1C[C@H](n2cnc3ccccc32)[C@H]2CO[C@@H]1O2. The van der Waals surface area contributed by atoms with E-state index in [9.17, 15) is 4.79 Å². The van der Waals surface area contributed by atoms with E-state index in [4.69, 9.17) is 9.47 Å². The van der Waals surface area contributed by atoms with Gasteiger partial charge < -0.3 is 14.0 Å². The van der Waals surface area contributed by atoms with Crippen LogP contribution in [-0.2, 0) is 14.3 Å². The monoisotopic (exact) mass is 244 g/mol. The summed E-state index contributed by atoms with van der Waals surface area (Å²) in [6.45, 7) is 0.480. The number of para-hydroxylation sites is 2.